The molecule has 7 heteroatoms. The maximum Gasteiger partial charge on any atom is 0.178 e. The van der Waals surface area contributed by atoms with Crippen molar-refractivity contribution in [3.63, 3.8) is 0 Å². The van der Waals surface area contributed by atoms with Crippen LogP contribution in [-0.2, 0) is 6.54 Å². The van der Waals surface area contributed by atoms with Crippen molar-refractivity contribution in [2.75, 3.05) is 5.32 Å². The fourth-order valence-electron chi connectivity index (χ4n) is 1.79. The summed E-state index contributed by atoms with van der Waals surface area (Å²) in [5.74, 6) is 1.62. The number of H-pyrrole nitrogens is 1. The zero-order chi connectivity index (χ0) is 13.1. The van der Waals surface area contributed by atoms with Crippen LogP contribution < -0.4 is 5.32 Å². The number of aromatic amines is 1. The lowest BCUT2D eigenvalue weighted by molar-refractivity contribution is 0.844. The molecule has 0 unspecified atom stereocenters. The Morgan fingerprint density at radius 3 is 3.05 bits per heavy atom. The summed E-state index contributed by atoms with van der Waals surface area (Å²) in [7, 11) is 0. The summed E-state index contributed by atoms with van der Waals surface area (Å²) in [6, 6.07) is 3.83. The third-order valence-corrected chi connectivity index (χ3v) is 2.65. The van der Waals surface area contributed by atoms with Crippen LogP contribution in [0.2, 0.25) is 0 Å². The molecule has 3 aromatic rings. The minimum Gasteiger partial charge on any atom is -0.376 e. The second kappa shape index (κ2) is 4.89. The van der Waals surface area contributed by atoms with Crippen LogP contribution in [0.25, 0.3) is 5.82 Å². The summed E-state index contributed by atoms with van der Waals surface area (Å²) in [5.41, 5.74) is 1.91. The molecule has 7 nitrogen and oxygen atoms in total. The Morgan fingerprint density at radius 1 is 1.37 bits per heavy atom. The first kappa shape index (κ1) is 11.4. The molecule has 96 valence electrons. The van der Waals surface area contributed by atoms with Gasteiger partial charge in [0.2, 0.25) is 0 Å². The molecule has 0 fully saturated rings. The highest BCUT2D eigenvalue weighted by atomic mass is 15.3. The number of aromatic nitrogens is 6. The molecule has 0 saturated carbocycles. The quantitative estimate of drug-likeness (QED) is 0.734. The average molecular weight is 255 g/mol. The van der Waals surface area contributed by atoms with Crippen molar-refractivity contribution < 1.29 is 0 Å². The Labute approximate surface area is 109 Å². The zero-order valence-electron chi connectivity index (χ0n) is 10.4. The molecule has 0 aliphatic rings. The molecular weight excluding hydrogens is 242 g/mol. The van der Waals surface area contributed by atoms with E-state index in [9.17, 15) is 0 Å². The van der Waals surface area contributed by atoms with Crippen molar-refractivity contribution in [1.82, 2.24) is 29.7 Å². The Balaban J connectivity index is 1.81. The Kier molecular flexibility index (Phi) is 2.93. The smallest absolute Gasteiger partial charge is 0.178 e. The number of anilines is 1. The molecule has 0 atom stereocenters. The molecule has 0 saturated heterocycles. The molecule has 0 amide bonds. The van der Waals surface area contributed by atoms with Crippen LogP contribution in [0, 0.1) is 6.92 Å². The standard InChI is InChI=1S/C12H13N7/c1-9-15-5-10(18-9)6-16-11-3-2-4-14-12(11)19-8-13-7-17-19/h2-5,7-8,16H,6H2,1H3,(H,15,18). The zero-order valence-corrected chi connectivity index (χ0v) is 10.4. The summed E-state index contributed by atoms with van der Waals surface area (Å²) in [6.07, 6.45) is 6.64. The lowest BCUT2D eigenvalue weighted by Gasteiger charge is -2.09. The third-order valence-electron chi connectivity index (χ3n) is 2.65. The lowest BCUT2D eigenvalue weighted by atomic mass is 10.3. The van der Waals surface area contributed by atoms with Crippen molar-refractivity contribution >= 4 is 5.69 Å². The molecule has 0 spiro atoms. The van der Waals surface area contributed by atoms with Crippen LogP contribution in [0.3, 0.4) is 0 Å². The monoisotopic (exact) mass is 255 g/mol. The number of imidazole rings is 1. The number of hydrogen-bond donors (Lipinski definition) is 2. The van der Waals surface area contributed by atoms with Gasteiger partial charge in [-0.15, -0.1) is 0 Å². The van der Waals surface area contributed by atoms with Crippen molar-refractivity contribution in [1.29, 1.82) is 0 Å². The van der Waals surface area contributed by atoms with Gasteiger partial charge in [0.25, 0.3) is 0 Å². The molecule has 0 radical (unpaired) electrons. The van der Waals surface area contributed by atoms with Gasteiger partial charge in [0.1, 0.15) is 18.5 Å². The maximum absolute atomic E-state index is 4.31. The van der Waals surface area contributed by atoms with Gasteiger partial charge in [-0.1, -0.05) is 0 Å². The van der Waals surface area contributed by atoms with Gasteiger partial charge < -0.3 is 10.3 Å². The van der Waals surface area contributed by atoms with Crippen LogP contribution in [-0.4, -0.2) is 29.7 Å². The number of rotatable bonds is 4. The normalized spacial score (nSPS) is 10.6. The van der Waals surface area contributed by atoms with Crippen molar-refractivity contribution in [2.24, 2.45) is 0 Å². The van der Waals surface area contributed by atoms with Gasteiger partial charge in [0.05, 0.1) is 24.1 Å². The summed E-state index contributed by atoms with van der Waals surface area (Å²) in [5, 5.41) is 7.40. The van der Waals surface area contributed by atoms with E-state index < -0.39 is 0 Å². The molecule has 19 heavy (non-hydrogen) atoms. The number of aryl methyl sites for hydroxylation is 1. The van der Waals surface area contributed by atoms with Crippen LogP contribution >= 0.6 is 0 Å². The van der Waals surface area contributed by atoms with E-state index in [1.165, 1.54) is 6.33 Å². The van der Waals surface area contributed by atoms with Gasteiger partial charge in [-0.25, -0.2) is 19.6 Å². The van der Waals surface area contributed by atoms with Gasteiger partial charge in [0.15, 0.2) is 5.82 Å². The van der Waals surface area contributed by atoms with Gasteiger partial charge in [-0.05, 0) is 19.1 Å². The van der Waals surface area contributed by atoms with E-state index in [1.807, 2.05) is 25.3 Å². The number of nitrogens with zero attached hydrogens (tertiary/aromatic N) is 5. The Morgan fingerprint density at radius 2 is 2.32 bits per heavy atom. The molecule has 0 aliphatic heterocycles. The topological polar surface area (TPSA) is 84.3 Å². The minimum absolute atomic E-state index is 0.647. The molecule has 3 heterocycles. The molecule has 3 rings (SSSR count). The van der Waals surface area contributed by atoms with Crippen LogP contribution in [0.15, 0.2) is 37.2 Å². The predicted molar refractivity (Wildman–Crippen MR) is 69.8 cm³/mol. The Hall–Kier alpha value is -2.70. The van der Waals surface area contributed by atoms with E-state index in [-0.39, 0.29) is 0 Å². The number of pyridine rings is 1. The van der Waals surface area contributed by atoms with E-state index in [0.717, 1.165) is 23.0 Å². The third kappa shape index (κ3) is 2.44. The molecule has 0 bridgehead atoms. The van der Waals surface area contributed by atoms with E-state index in [0.29, 0.717) is 6.54 Å². The fourth-order valence-corrected chi connectivity index (χ4v) is 1.79. The van der Waals surface area contributed by atoms with Crippen LogP contribution in [0.1, 0.15) is 11.5 Å². The van der Waals surface area contributed by atoms with Gasteiger partial charge >= 0.3 is 0 Å². The highest BCUT2D eigenvalue weighted by Crippen LogP contribution is 2.16. The van der Waals surface area contributed by atoms with Gasteiger partial charge in [0, 0.05) is 6.20 Å². The first-order valence-electron chi connectivity index (χ1n) is 5.87. The largest absolute Gasteiger partial charge is 0.376 e. The van der Waals surface area contributed by atoms with Crippen molar-refractivity contribution in [3.05, 3.63) is 48.7 Å². The van der Waals surface area contributed by atoms with E-state index in [1.54, 1.807) is 17.2 Å². The number of nitrogens with one attached hydrogen (secondary N) is 2. The molecule has 0 aromatic carbocycles. The molecule has 3 aromatic heterocycles. The summed E-state index contributed by atoms with van der Waals surface area (Å²) < 4.78 is 1.63. The highest BCUT2D eigenvalue weighted by Gasteiger charge is 2.06. The first-order chi connectivity index (χ1) is 9.33. The predicted octanol–water partition coefficient (Wildman–Crippen LogP) is 1.31. The molecular formula is C12H13N7. The minimum atomic E-state index is 0.647. The SMILES string of the molecule is Cc1ncc(CNc2cccnc2-n2cncn2)[nH]1. The first-order valence-corrected chi connectivity index (χ1v) is 5.87. The maximum atomic E-state index is 4.31. The second-order valence-corrected chi connectivity index (χ2v) is 4.06. The van der Waals surface area contributed by atoms with Crippen LogP contribution in [0.4, 0.5) is 5.69 Å². The Bertz CT molecular complexity index is 656. The van der Waals surface area contributed by atoms with E-state index in [2.05, 4.69) is 30.4 Å². The summed E-state index contributed by atoms with van der Waals surface area (Å²) >= 11 is 0. The van der Waals surface area contributed by atoms with Gasteiger partial charge in [-0.2, -0.15) is 5.10 Å². The van der Waals surface area contributed by atoms with Gasteiger partial charge in [-0.3, -0.25) is 0 Å². The molecule has 2 N–H and O–H groups in total. The van der Waals surface area contributed by atoms with Crippen molar-refractivity contribution in [3.8, 4) is 5.82 Å². The summed E-state index contributed by atoms with van der Waals surface area (Å²) in [4.78, 5) is 15.6. The molecule has 0 aliphatic carbocycles. The fraction of sp³-hybridized carbons (Fsp3) is 0.167. The average Bonchev–Trinajstić information content (AvgIpc) is 3.08. The van der Waals surface area contributed by atoms with E-state index >= 15 is 0 Å². The second-order valence-electron chi connectivity index (χ2n) is 4.06. The lowest BCUT2D eigenvalue weighted by Crippen LogP contribution is -2.06. The summed E-state index contributed by atoms with van der Waals surface area (Å²) in [6.45, 7) is 2.57. The van der Waals surface area contributed by atoms with Crippen LogP contribution in [0.5, 0.6) is 0 Å². The highest BCUT2D eigenvalue weighted by molar-refractivity contribution is 5.56. The van der Waals surface area contributed by atoms with E-state index in [4.69, 9.17) is 0 Å². The van der Waals surface area contributed by atoms with Crippen molar-refractivity contribution in [2.45, 2.75) is 13.5 Å². The number of hydrogen-bond acceptors (Lipinski definition) is 5.